The van der Waals surface area contributed by atoms with Crippen LogP contribution in [0.4, 0.5) is 0 Å². The third-order valence-corrected chi connectivity index (χ3v) is 3.32. The van der Waals surface area contributed by atoms with Crippen LogP contribution in [0.2, 0.25) is 0 Å². The van der Waals surface area contributed by atoms with Gasteiger partial charge in [0.2, 0.25) is 0 Å². The van der Waals surface area contributed by atoms with Crippen LogP contribution in [0.5, 0.6) is 5.75 Å². The van der Waals surface area contributed by atoms with Crippen molar-refractivity contribution >= 4 is 17.7 Å². The smallest absolute Gasteiger partial charge is 0.337 e. The lowest BCUT2D eigenvalue weighted by Crippen LogP contribution is -1.96. The zero-order valence-electron chi connectivity index (χ0n) is 9.41. The van der Waals surface area contributed by atoms with Crippen molar-refractivity contribution in [1.29, 1.82) is 0 Å². The third-order valence-electron chi connectivity index (χ3n) is 2.31. The van der Waals surface area contributed by atoms with E-state index in [1.807, 2.05) is 12.1 Å². The summed E-state index contributed by atoms with van der Waals surface area (Å²) in [6, 6.07) is 10.2. The molecule has 5 heteroatoms. The molecule has 0 saturated heterocycles. The van der Waals surface area contributed by atoms with Crippen molar-refractivity contribution in [3.8, 4) is 5.75 Å². The Morgan fingerprint density at radius 2 is 1.89 bits per heavy atom. The average molecular weight is 261 g/mol. The van der Waals surface area contributed by atoms with Crippen molar-refractivity contribution in [2.75, 3.05) is 0 Å². The molecule has 0 bridgehead atoms. The van der Waals surface area contributed by atoms with Gasteiger partial charge in [0, 0.05) is 11.9 Å². The Hall–Kier alpha value is -2.01. The molecule has 0 amide bonds. The summed E-state index contributed by atoms with van der Waals surface area (Å²) in [4.78, 5) is 14.7. The minimum Gasteiger partial charge on any atom is -0.508 e. The van der Waals surface area contributed by atoms with Crippen LogP contribution in [-0.2, 0) is 5.75 Å². The minimum atomic E-state index is -0.974. The number of benzene rings is 1. The second kappa shape index (κ2) is 5.55. The molecule has 4 nitrogen and oxygen atoms in total. The average Bonchev–Trinajstić information content (AvgIpc) is 2.38. The number of phenols is 1. The van der Waals surface area contributed by atoms with E-state index in [-0.39, 0.29) is 11.3 Å². The summed E-state index contributed by atoms with van der Waals surface area (Å²) in [5.41, 5.74) is 1.26. The summed E-state index contributed by atoms with van der Waals surface area (Å²) in [5.74, 6) is -0.00931. The number of aromatic nitrogens is 1. The van der Waals surface area contributed by atoms with Crippen LogP contribution in [0.3, 0.4) is 0 Å². The molecule has 0 aliphatic heterocycles. The second-order valence-electron chi connectivity index (χ2n) is 3.65. The van der Waals surface area contributed by atoms with Gasteiger partial charge in [-0.3, -0.25) is 0 Å². The SMILES string of the molecule is O=C(O)c1ccc(SCc2ccc(O)cc2)nc1. The van der Waals surface area contributed by atoms with E-state index in [0.717, 1.165) is 16.3 Å². The molecular formula is C13H11NO3S. The zero-order valence-corrected chi connectivity index (χ0v) is 10.2. The molecule has 0 saturated carbocycles. The second-order valence-corrected chi connectivity index (χ2v) is 4.64. The van der Waals surface area contributed by atoms with E-state index in [4.69, 9.17) is 10.2 Å². The van der Waals surface area contributed by atoms with Crippen LogP contribution in [0, 0.1) is 0 Å². The number of aromatic carboxylic acids is 1. The summed E-state index contributed by atoms with van der Waals surface area (Å²) in [6.07, 6.45) is 1.35. The number of thioether (sulfide) groups is 1. The lowest BCUT2D eigenvalue weighted by atomic mass is 10.2. The van der Waals surface area contributed by atoms with Gasteiger partial charge in [-0.1, -0.05) is 12.1 Å². The van der Waals surface area contributed by atoms with Gasteiger partial charge in [-0.25, -0.2) is 9.78 Å². The number of nitrogens with zero attached hydrogens (tertiary/aromatic N) is 1. The molecular weight excluding hydrogens is 250 g/mol. The van der Waals surface area contributed by atoms with E-state index in [9.17, 15) is 4.79 Å². The van der Waals surface area contributed by atoms with Crippen LogP contribution in [-0.4, -0.2) is 21.2 Å². The van der Waals surface area contributed by atoms with Crippen LogP contribution < -0.4 is 0 Å². The first kappa shape index (κ1) is 12.4. The Bertz CT molecular complexity index is 537. The fourth-order valence-corrected chi connectivity index (χ4v) is 2.14. The molecule has 0 radical (unpaired) electrons. The molecule has 1 heterocycles. The number of carboxylic acids is 1. The summed E-state index contributed by atoms with van der Waals surface area (Å²) >= 11 is 1.51. The predicted molar refractivity (Wildman–Crippen MR) is 68.9 cm³/mol. The molecule has 0 aliphatic carbocycles. The molecule has 2 rings (SSSR count). The first-order chi connectivity index (χ1) is 8.65. The standard InChI is InChI=1S/C13H11NO3S/c15-11-4-1-9(2-5-11)8-18-12-6-3-10(7-14-12)13(16)17/h1-7,15H,8H2,(H,16,17). The van der Waals surface area contributed by atoms with Gasteiger partial charge in [0.15, 0.2) is 0 Å². The van der Waals surface area contributed by atoms with Crippen LogP contribution in [0.1, 0.15) is 15.9 Å². The minimum absolute atomic E-state index is 0.184. The Labute approximate surface area is 108 Å². The van der Waals surface area contributed by atoms with Crippen molar-refractivity contribution < 1.29 is 15.0 Å². The van der Waals surface area contributed by atoms with Crippen molar-refractivity contribution in [3.63, 3.8) is 0 Å². The highest BCUT2D eigenvalue weighted by Crippen LogP contribution is 2.22. The summed E-state index contributed by atoms with van der Waals surface area (Å²) < 4.78 is 0. The fraction of sp³-hybridized carbons (Fsp3) is 0.0769. The largest absolute Gasteiger partial charge is 0.508 e. The number of carboxylic acid groups (broad SMARTS) is 1. The quantitative estimate of drug-likeness (QED) is 0.828. The molecule has 0 spiro atoms. The van der Waals surface area contributed by atoms with Gasteiger partial charge in [-0.2, -0.15) is 0 Å². The Kier molecular flexibility index (Phi) is 3.84. The van der Waals surface area contributed by atoms with E-state index >= 15 is 0 Å². The Balaban J connectivity index is 1.97. The lowest BCUT2D eigenvalue weighted by Gasteiger charge is -2.02. The molecule has 0 unspecified atom stereocenters. The number of hydrogen-bond donors (Lipinski definition) is 2. The molecule has 18 heavy (non-hydrogen) atoms. The Morgan fingerprint density at radius 1 is 1.17 bits per heavy atom. The summed E-state index contributed by atoms with van der Waals surface area (Å²) in [7, 11) is 0. The van der Waals surface area contributed by atoms with Gasteiger partial charge >= 0.3 is 5.97 Å². The predicted octanol–water partition coefficient (Wildman–Crippen LogP) is 2.78. The van der Waals surface area contributed by atoms with E-state index < -0.39 is 5.97 Å². The van der Waals surface area contributed by atoms with E-state index in [0.29, 0.717) is 0 Å². The first-order valence-electron chi connectivity index (χ1n) is 5.25. The maximum atomic E-state index is 10.7. The monoisotopic (exact) mass is 261 g/mol. The zero-order chi connectivity index (χ0) is 13.0. The highest BCUT2D eigenvalue weighted by molar-refractivity contribution is 7.98. The Morgan fingerprint density at radius 3 is 2.44 bits per heavy atom. The lowest BCUT2D eigenvalue weighted by molar-refractivity contribution is 0.0696. The molecule has 2 aromatic rings. The van der Waals surface area contributed by atoms with Gasteiger partial charge in [0.25, 0.3) is 0 Å². The molecule has 0 fully saturated rings. The maximum Gasteiger partial charge on any atom is 0.337 e. The van der Waals surface area contributed by atoms with Crippen LogP contribution in [0.15, 0.2) is 47.6 Å². The van der Waals surface area contributed by atoms with Gasteiger partial charge < -0.3 is 10.2 Å². The summed E-state index contributed by atoms with van der Waals surface area (Å²) in [5, 5.41) is 18.7. The highest BCUT2D eigenvalue weighted by atomic mass is 32.2. The van der Waals surface area contributed by atoms with Gasteiger partial charge in [-0.05, 0) is 29.8 Å². The van der Waals surface area contributed by atoms with Crippen molar-refractivity contribution in [1.82, 2.24) is 4.98 Å². The molecule has 0 atom stereocenters. The number of phenolic OH excluding ortho intramolecular Hbond substituents is 1. The van der Waals surface area contributed by atoms with Crippen LogP contribution >= 0.6 is 11.8 Å². The van der Waals surface area contributed by atoms with Crippen LogP contribution in [0.25, 0.3) is 0 Å². The van der Waals surface area contributed by atoms with Crippen molar-refractivity contribution in [2.45, 2.75) is 10.8 Å². The number of carbonyl (C=O) groups is 1. The van der Waals surface area contributed by atoms with Gasteiger partial charge in [0.1, 0.15) is 5.75 Å². The van der Waals surface area contributed by atoms with E-state index in [1.54, 1.807) is 18.2 Å². The summed E-state index contributed by atoms with van der Waals surface area (Å²) in [6.45, 7) is 0. The maximum absolute atomic E-state index is 10.7. The molecule has 0 aliphatic rings. The highest BCUT2D eigenvalue weighted by Gasteiger charge is 2.03. The first-order valence-corrected chi connectivity index (χ1v) is 6.24. The number of aromatic hydroxyl groups is 1. The normalized spacial score (nSPS) is 10.2. The molecule has 1 aromatic heterocycles. The fourth-order valence-electron chi connectivity index (χ4n) is 1.34. The number of hydrogen-bond acceptors (Lipinski definition) is 4. The van der Waals surface area contributed by atoms with Gasteiger partial charge in [-0.15, -0.1) is 11.8 Å². The van der Waals surface area contributed by atoms with E-state index in [2.05, 4.69) is 4.98 Å². The molecule has 92 valence electrons. The topological polar surface area (TPSA) is 70.4 Å². The van der Waals surface area contributed by atoms with Crippen molar-refractivity contribution in [2.24, 2.45) is 0 Å². The number of pyridine rings is 1. The van der Waals surface area contributed by atoms with E-state index in [1.165, 1.54) is 24.0 Å². The number of rotatable bonds is 4. The molecule has 2 N–H and O–H groups in total. The molecule has 1 aromatic carbocycles. The van der Waals surface area contributed by atoms with Crippen molar-refractivity contribution in [3.05, 3.63) is 53.7 Å². The third kappa shape index (κ3) is 3.24. The van der Waals surface area contributed by atoms with Gasteiger partial charge in [0.05, 0.1) is 10.6 Å².